The first-order chi connectivity index (χ1) is 13.1. The van der Waals surface area contributed by atoms with Crippen molar-refractivity contribution in [2.45, 2.75) is 6.54 Å². The van der Waals surface area contributed by atoms with E-state index in [0.717, 1.165) is 10.4 Å². The number of hydrogen-bond acceptors (Lipinski definition) is 6. The number of nitriles is 1. The van der Waals surface area contributed by atoms with Crippen molar-refractivity contribution in [2.75, 3.05) is 7.11 Å². The molecule has 0 atom stereocenters. The second kappa shape index (κ2) is 6.91. The molecule has 0 fully saturated rings. The summed E-state index contributed by atoms with van der Waals surface area (Å²) in [5.41, 5.74) is 1.85. The van der Waals surface area contributed by atoms with Gasteiger partial charge in [-0.15, -0.1) is 11.3 Å². The number of benzene rings is 1. The molecule has 0 radical (unpaired) electrons. The van der Waals surface area contributed by atoms with Gasteiger partial charge in [-0.2, -0.15) is 5.26 Å². The molecule has 0 aliphatic carbocycles. The predicted molar refractivity (Wildman–Crippen MR) is 102 cm³/mol. The minimum Gasteiger partial charge on any atom is -0.464 e. The monoisotopic (exact) mass is 397 g/mol. The molecule has 0 saturated heterocycles. The average Bonchev–Trinajstić information content (AvgIpc) is 3.39. The fourth-order valence-electron chi connectivity index (χ4n) is 3.00. The number of carbonyl (C=O) groups excluding carboxylic acids is 1. The summed E-state index contributed by atoms with van der Waals surface area (Å²) in [6.07, 6.45) is 0. The summed E-state index contributed by atoms with van der Waals surface area (Å²) in [6.45, 7) is 0.259. The van der Waals surface area contributed by atoms with Crippen molar-refractivity contribution in [3.63, 3.8) is 0 Å². The van der Waals surface area contributed by atoms with Crippen LogP contribution in [0.15, 0.2) is 47.0 Å². The third-order valence-corrected chi connectivity index (χ3v) is 5.40. The zero-order valence-corrected chi connectivity index (χ0v) is 15.7. The van der Waals surface area contributed by atoms with Crippen LogP contribution in [0, 0.1) is 11.3 Å². The van der Waals surface area contributed by atoms with E-state index in [2.05, 4.69) is 11.2 Å². The third kappa shape index (κ3) is 2.99. The molecule has 27 heavy (non-hydrogen) atoms. The minimum atomic E-state index is -0.573. The number of fused-ring (bicyclic) bond motifs is 1. The number of aromatic nitrogens is 2. The smallest absolute Gasteiger partial charge is 0.356 e. The lowest BCUT2D eigenvalue weighted by atomic mass is 10.1. The van der Waals surface area contributed by atoms with Gasteiger partial charge in [0.25, 0.3) is 0 Å². The minimum absolute atomic E-state index is 0.199. The van der Waals surface area contributed by atoms with Gasteiger partial charge in [0, 0.05) is 11.5 Å². The van der Waals surface area contributed by atoms with Gasteiger partial charge in [0.05, 0.1) is 33.9 Å². The Balaban J connectivity index is 1.81. The maximum atomic E-state index is 12.4. The van der Waals surface area contributed by atoms with Crippen molar-refractivity contribution < 1.29 is 14.1 Å². The number of hydrogen-bond donors (Lipinski definition) is 0. The molecule has 0 spiro atoms. The molecule has 0 aliphatic heterocycles. The molecule has 8 heteroatoms. The number of carbonyl (C=O) groups is 1. The van der Waals surface area contributed by atoms with E-state index >= 15 is 0 Å². The summed E-state index contributed by atoms with van der Waals surface area (Å²) >= 11 is 7.36. The number of methoxy groups -OCH3 is 1. The number of thiophene rings is 1. The molecule has 4 aromatic rings. The van der Waals surface area contributed by atoms with Crippen LogP contribution in [-0.2, 0) is 11.3 Å². The molecule has 6 nitrogen and oxygen atoms in total. The van der Waals surface area contributed by atoms with Crippen LogP contribution in [-0.4, -0.2) is 22.8 Å². The predicted octanol–water partition coefficient (Wildman–Crippen LogP) is 4.72. The normalized spacial score (nSPS) is 10.9. The first-order valence-corrected chi connectivity index (χ1v) is 9.12. The van der Waals surface area contributed by atoms with Crippen molar-refractivity contribution in [1.82, 2.24) is 9.72 Å². The highest BCUT2D eigenvalue weighted by molar-refractivity contribution is 7.19. The topological polar surface area (TPSA) is 81.0 Å². The summed E-state index contributed by atoms with van der Waals surface area (Å²) in [5.74, 6) is 0.0231. The lowest BCUT2D eigenvalue weighted by molar-refractivity contribution is 0.0589. The highest BCUT2D eigenvalue weighted by Gasteiger charge is 2.24. The first kappa shape index (κ1) is 17.3. The van der Waals surface area contributed by atoms with Crippen molar-refractivity contribution >= 4 is 39.8 Å². The summed E-state index contributed by atoms with van der Waals surface area (Å²) < 4.78 is 12.7. The molecule has 3 aromatic heterocycles. The maximum absolute atomic E-state index is 12.4. The fourth-order valence-corrected chi connectivity index (χ4v) is 3.99. The third-order valence-electron chi connectivity index (χ3n) is 4.16. The Morgan fingerprint density at radius 1 is 1.37 bits per heavy atom. The molecule has 0 aliphatic rings. The molecule has 0 saturated carbocycles. The van der Waals surface area contributed by atoms with Crippen LogP contribution in [0.3, 0.4) is 0 Å². The Hall–Kier alpha value is -3.08. The molecule has 3 heterocycles. The van der Waals surface area contributed by atoms with Crippen LogP contribution in [0.1, 0.15) is 21.7 Å². The Labute approximate surface area is 163 Å². The molecule has 4 rings (SSSR count). The van der Waals surface area contributed by atoms with E-state index in [1.165, 1.54) is 18.4 Å². The average molecular weight is 398 g/mol. The van der Waals surface area contributed by atoms with Gasteiger partial charge in [-0.05, 0) is 18.2 Å². The molecule has 1 aromatic carbocycles. The highest BCUT2D eigenvalue weighted by atomic mass is 35.5. The Morgan fingerprint density at radius 3 is 2.89 bits per heavy atom. The van der Waals surface area contributed by atoms with E-state index in [0.29, 0.717) is 21.2 Å². The second-order valence-electron chi connectivity index (χ2n) is 5.72. The van der Waals surface area contributed by atoms with Crippen LogP contribution in [0.25, 0.3) is 21.5 Å². The Morgan fingerprint density at radius 2 is 2.19 bits per heavy atom. The standard InChI is InChI=1S/C19H12ClN3O3S/c1-25-19(24)18-13(9-21)12-4-2-3-5-14(12)23(18)10-11-8-15(26-22-11)16-6-7-17(20)27-16/h2-8H,10H2,1H3. The SMILES string of the molecule is COC(=O)c1c(C#N)c2ccccc2n1Cc1cc(-c2ccc(Cl)s2)on1. The van der Waals surface area contributed by atoms with E-state index in [9.17, 15) is 10.1 Å². The van der Waals surface area contributed by atoms with Crippen LogP contribution in [0.2, 0.25) is 4.34 Å². The fraction of sp³-hybridized carbons (Fsp3) is 0.105. The van der Waals surface area contributed by atoms with E-state index in [4.69, 9.17) is 20.9 Å². The number of ether oxygens (including phenoxy) is 1. The molecule has 0 amide bonds. The van der Waals surface area contributed by atoms with E-state index < -0.39 is 5.97 Å². The number of rotatable bonds is 4. The number of nitrogens with zero attached hydrogens (tertiary/aromatic N) is 3. The van der Waals surface area contributed by atoms with Gasteiger partial charge in [0.15, 0.2) is 5.76 Å². The van der Waals surface area contributed by atoms with E-state index in [1.54, 1.807) is 22.8 Å². The summed E-state index contributed by atoms with van der Waals surface area (Å²) in [5, 5.41) is 14.4. The highest BCUT2D eigenvalue weighted by Crippen LogP contribution is 2.32. The van der Waals surface area contributed by atoms with Gasteiger partial charge in [0.2, 0.25) is 0 Å². The van der Waals surface area contributed by atoms with Crippen LogP contribution < -0.4 is 0 Å². The molecule has 0 bridgehead atoms. The van der Waals surface area contributed by atoms with Crippen LogP contribution >= 0.6 is 22.9 Å². The van der Waals surface area contributed by atoms with Crippen LogP contribution in [0.4, 0.5) is 0 Å². The van der Waals surface area contributed by atoms with E-state index in [1.807, 2.05) is 24.3 Å². The number of esters is 1. The summed E-state index contributed by atoms with van der Waals surface area (Å²) in [7, 11) is 1.29. The van der Waals surface area contributed by atoms with Gasteiger partial charge in [0.1, 0.15) is 17.5 Å². The molecule has 0 N–H and O–H groups in total. The lowest BCUT2D eigenvalue weighted by Crippen LogP contribution is -2.13. The molecular weight excluding hydrogens is 386 g/mol. The van der Waals surface area contributed by atoms with Crippen molar-refractivity contribution in [3.05, 3.63) is 63.8 Å². The number of para-hydroxylation sites is 1. The quantitative estimate of drug-likeness (QED) is 0.465. The largest absolute Gasteiger partial charge is 0.464 e. The summed E-state index contributed by atoms with van der Waals surface area (Å²) in [6, 6.07) is 14.9. The van der Waals surface area contributed by atoms with Gasteiger partial charge in [-0.3, -0.25) is 0 Å². The molecular formula is C19H12ClN3O3S. The van der Waals surface area contributed by atoms with E-state index in [-0.39, 0.29) is 17.8 Å². The van der Waals surface area contributed by atoms with Gasteiger partial charge in [-0.25, -0.2) is 4.79 Å². The second-order valence-corrected chi connectivity index (χ2v) is 7.43. The van der Waals surface area contributed by atoms with Gasteiger partial charge in [-0.1, -0.05) is 35.0 Å². The van der Waals surface area contributed by atoms with Crippen molar-refractivity contribution in [3.8, 4) is 16.7 Å². The maximum Gasteiger partial charge on any atom is 0.356 e. The zero-order chi connectivity index (χ0) is 19.0. The lowest BCUT2D eigenvalue weighted by Gasteiger charge is -2.07. The molecule has 134 valence electrons. The zero-order valence-electron chi connectivity index (χ0n) is 14.1. The van der Waals surface area contributed by atoms with Crippen molar-refractivity contribution in [2.24, 2.45) is 0 Å². The van der Waals surface area contributed by atoms with Crippen molar-refractivity contribution in [1.29, 1.82) is 5.26 Å². The first-order valence-electron chi connectivity index (χ1n) is 7.93. The Bertz CT molecular complexity index is 1200. The number of halogens is 1. The van der Waals surface area contributed by atoms with Gasteiger partial charge >= 0.3 is 5.97 Å². The Kier molecular flexibility index (Phi) is 4.44. The summed E-state index contributed by atoms with van der Waals surface area (Å²) in [4.78, 5) is 13.2. The molecule has 0 unspecified atom stereocenters. The van der Waals surface area contributed by atoms with Gasteiger partial charge < -0.3 is 13.8 Å². The van der Waals surface area contributed by atoms with Crippen LogP contribution in [0.5, 0.6) is 0 Å².